The number of hydrogen-bond acceptors (Lipinski definition) is 5. The standard InChI is InChI=1S/C25H30ClN3O5S/c1-4-21(24(31)27-17(2)3)28(16-18-10-5-7-12-20(18)26)23(30)14-9-15-29-25(32)19-11-6-8-13-22(19)35(29,33)34/h5-8,10-13,17,21H,4,9,14-16H2,1-3H3,(H,27,31). The molecule has 1 unspecified atom stereocenters. The summed E-state index contributed by atoms with van der Waals surface area (Å²) in [5, 5.41) is 3.34. The predicted molar refractivity (Wildman–Crippen MR) is 133 cm³/mol. The number of carbonyl (C=O) groups excluding carboxylic acids is 3. The van der Waals surface area contributed by atoms with Crippen molar-refractivity contribution in [1.82, 2.24) is 14.5 Å². The number of nitrogens with one attached hydrogen (secondary N) is 1. The van der Waals surface area contributed by atoms with Crippen molar-refractivity contribution in [2.45, 2.75) is 63.6 Å². The first-order valence-corrected chi connectivity index (χ1v) is 13.4. The molecule has 188 valence electrons. The van der Waals surface area contributed by atoms with Crippen LogP contribution in [-0.4, -0.2) is 54.0 Å². The van der Waals surface area contributed by atoms with Crippen LogP contribution >= 0.6 is 11.6 Å². The van der Waals surface area contributed by atoms with Crippen LogP contribution in [-0.2, 0) is 26.2 Å². The predicted octanol–water partition coefficient (Wildman–Crippen LogP) is 3.60. The molecule has 3 rings (SSSR count). The Morgan fingerprint density at radius 3 is 2.37 bits per heavy atom. The minimum atomic E-state index is -3.94. The van der Waals surface area contributed by atoms with Gasteiger partial charge in [-0.05, 0) is 50.5 Å². The van der Waals surface area contributed by atoms with E-state index >= 15 is 0 Å². The number of nitrogens with zero attached hydrogens (tertiary/aromatic N) is 2. The lowest BCUT2D eigenvalue weighted by Crippen LogP contribution is -2.50. The zero-order chi connectivity index (χ0) is 25.8. The van der Waals surface area contributed by atoms with Crippen LogP contribution in [0, 0.1) is 0 Å². The van der Waals surface area contributed by atoms with Crippen molar-refractivity contribution in [2.24, 2.45) is 0 Å². The van der Waals surface area contributed by atoms with E-state index < -0.39 is 22.0 Å². The Hall–Kier alpha value is -2.91. The molecular formula is C25H30ClN3O5S. The molecule has 10 heteroatoms. The summed E-state index contributed by atoms with van der Waals surface area (Å²) in [7, 11) is -3.94. The summed E-state index contributed by atoms with van der Waals surface area (Å²) in [6, 6.07) is 12.3. The largest absolute Gasteiger partial charge is 0.352 e. The van der Waals surface area contributed by atoms with Gasteiger partial charge in [0.2, 0.25) is 11.8 Å². The Morgan fingerprint density at radius 2 is 1.74 bits per heavy atom. The van der Waals surface area contributed by atoms with Crippen molar-refractivity contribution in [2.75, 3.05) is 6.54 Å². The average molecular weight is 520 g/mol. The SMILES string of the molecule is CCC(C(=O)NC(C)C)N(Cc1ccccc1Cl)C(=O)CCCN1C(=O)c2ccccc2S1(=O)=O. The fraction of sp³-hybridized carbons (Fsp3) is 0.400. The minimum Gasteiger partial charge on any atom is -0.352 e. The van der Waals surface area contributed by atoms with Gasteiger partial charge in [0, 0.05) is 30.6 Å². The van der Waals surface area contributed by atoms with Crippen LogP contribution in [0.4, 0.5) is 0 Å². The molecule has 0 bridgehead atoms. The van der Waals surface area contributed by atoms with E-state index in [0.717, 1.165) is 4.31 Å². The highest BCUT2D eigenvalue weighted by Gasteiger charge is 2.40. The molecule has 3 amide bonds. The number of halogens is 1. The Morgan fingerprint density at radius 1 is 1.09 bits per heavy atom. The molecule has 0 aliphatic carbocycles. The van der Waals surface area contributed by atoms with Crippen LogP contribution in [0.3, 0.4) is 0 Å². The summed E-state index contributed by atoms with van der Waals surface area (Å²) in [6.45, 7) is 5.52. The van der Waals surface area contributed by atoms with Crippen LogP contribution in [0.15, 0.2) is 53.4 Å². The highest BCUT2D eigenvalue weighted by atomic mass is 35.5. The summed E-state index contributed by atoms with van der Waals surface area (Å²) in [4.78, 5) is 40.3. The molecule has 1 aliphatic rings. The van der Waals surface area contributed by atoms with E-state index in [2.05, 4.69) is 5.32 Å². The van der Waals surface area contributed by atoms with Gasteiger partial charge < -0.3 is 10.2 Å². The highest BCUT2D eigenvalue weighted by molar-refractivity contribution is 7.90. The molecule has 2 aromatic carbocycles. The first kappa shape index (κ1) is 26.7. The molecule has 0 aromatic heterocycles. The van der Waals surface area contributed by atoms with Crippen molar-refractivity contribution in [3.05, 3.63) is 64.7 Å². The van der Waals surface area contributed by atoms with Crippen LogP contribution in [0.5, 0.6) is 0 Å². The van der Waals surface area contributed by atoms with E-state index in [0.29, 0.717) is 17.0 Å². The number of sulfonamides is 1. The maximum absolute atomic E-state index is 13.3. The molecule has 0 saturated heterocycles. The Bertz CT molecular complexity index is 1220. The second-order valence-electron chi connectivity index (χ2n) is 8.68. The molecule has 1 atom stereocenters. The molecule has 1 N–H and O–H groups in total. The smallest absolute Gasteiger partial charge is 0.269 e. The van der Waals surface area contributed by atoms with Gasteiger partial charge in [-0.15, -0.1) is 0 Å². The number of benzene rings is 2. The van der Waals surface area contributed by atoms with Crippen molar-refractivity contribution < 1.29 is 22.8 Å². The topological polar surface area (TPSA) is 104 Å². The zero-order valence-corrected chi connectivity index (χ0v) is 21.6. The lowest BCUT2D eigenvalue weighted by atomic mass is 10.1. The molecule has 8 nitrogen and oxygen atoms in total. The van der Waals surface area contributed by atoms with Crippen LogP contribution < -0.4 is 5.32 Å². The van der Waals surface area contributed by atoms with Crippen LogP contribution in [0.2, 0.25) is 5.02 Å². The van der Waals surface area contributed by atoms with Crippen LogP contribution in [0.1, 0.15) is 56.0 Å². The first-order valence-electron chi connectivity index (χ1n) is 11.6. The minimum absolute atomic E-state index is 0.0203. The van der Waals surface area contributed by atoms with E-state index in [4.69, 9.17) is 11.6 Å². The number of rotatable bonds is 10. The Labute approximate surface area is 211 Å². The van der Waals surface area contributed by atoms with Crippen molar-refractivity contribution in [3.63, 3.8) is 0 Å². The third-order valence-corrected chi connectivity index (χ3v) is 7.99. The zero-order valence-electron chi connectivity index (χ0n) is 20.0. The maximum Gasteiger partial charge on any atom is 0.269 e. The van der Waals surface area contributed by atoms with Crippen molar-refractivity contribution >= 4 is 39.3 Å². The van der Waals surface area contributed by atoms with Gasteiger partial charge in [0.15, 0.2) is 0 Å². The van der Waals surface area contributed by atoms with Gasteiger partial charge >= 0.3 is 0 Å². The number of hydrogen-bond donors (Lipinski definition) is 1. The number of carbonyl (C=O) groups is 3. The molecule has 35 heavy (non-hydrogen) atoms. The van der Waals surface area contributed by atoms with Gasteiger partial charge in [0.1, 0.15) is 10.9 Å². The lowest BCUT2D eigenvalue weighted by Gasteiger charge is -2.31. The number of amides is 3. The van der Waals surface area contributed by atoms with Gasteiger partial charge in [-0.1, -0.05) is 48.9 Å². The molecular weight excluding hydrogens is 490 g/mol. The normalized spacial score (nSPS) is 15.1. The molecule has 2 aromatic rings. The second kappa shape index (κ2) is 11.2. The fourth-order valence-corrected chi connectivity index (χ4v) is 5.88. The van der Waals surface area contributed by atoms with Gasteiger partial charge in [0.05, 0.1) is 5.56 Å². The van der Waals surface area contributed by atoms with E-state index in [1.807, 2.05) is 20.8 Å². The molecule has 1 heterocycles. The average Bonchev–Trinajstić information content (AvgIpc) is 3.00. The molecule has 1 aliphatic heterocycles. The molecule has 0 radical (unpaired) electrons. The molecule has 0 spiro atoms. The van der Waals surface area contributed by atoms with Gasteiger partial charge in [-0.25, -0.2) is 12.7 Å². The van der Waals surface area contributed by atoms with E-state index in [-0.39, 0.29) is 54.2 Å². The lowest BCUT2D eigenvalue weighted by molar-refractivity contribution is -0.141. The molecule has 0 fully saturated rings. The van der Waals surface area contributed by atoms with Crippen LogP contribution in [0.25, 0.3) is 0 Å². The quantitative estimate of drug-likeness (QED) is 0.516. The fourth-order valence-electron chi connectivity index (χ4n) is 4.08. The summed E-state index contributed by atoms with van der Waals surface area (Å²) < 4.78 is 26.4. The first-order chi connectivity index (χ1) is 16.6. The van der Waals surface area contributed by atoms with Gasteiger partial charge in [-0.3, -0.25) is 14.4 Å². The van der Waals surface area contributed by atoms with E-state index in [1.165, 1.54) is 17.0 Å². The summed E-state index contributed by atoms with van der Waals surface area (Å²) in [5.41, 5.74) is 0.835. The summed E-state index contributed by atoms with van der Waals surface area (Å²) in [5.74, 6) is -1.18. The molecule has 0 saturated carbocycles. The maximum atomic E-state index is 13.3. The summed E-state index contributed by atoms with van der Waals surface area (Å²) >= 11 is 6.32. The number of fused-ring (bicyclic) bond motifs is 1. The summed E-state index contributed by atoms with van der Waals surface area (Å²) in [6.07, 6.45) is 0.480. The van der Waals surface area contributed by atoms with E-state index in [1.54, 1.807) is 36.4 Å². The van der Waals surface area contributed by atoms with E-state index in [9.17, 15) is 22.8 Å². The highest BCUT2D eigenvalue weighted by Crippen LogP contribution is 2.30. The van der Waals surface area contributed by atoms with Gasteiger partial charge in [-0.2, -0.15) is 0 Å². The Kier molecular flexibility index (Phi) is 8.56. The second-order valence-corrected chi connectivity index (χ2v) is 10.9. The van der Waals surface area contributed by atoms with Gasteiger partial charge in [0.25, 0.3) is 15.9 Å². The monoisotopic (exact) mass is 519 g/mol. The third kappa shape index (κ3) is 5.85. The van der Waals surface area contributed by atoms with Crippen molar-refractivity contribution in [1.29, 1.82) is 0 Å². The third-order valence-electron chi connectivity index (χ3n) is 5.78. The van der Waals surface area contributed by atoms with Crippen molar-refractivity contribution in [3.8, 4) is 0 Å². The Balaban J connectivity index is 1.76.